The summed E-state index contributed by atoms with van der Waals surface area (Å²) in [5.74, 6) is 0.620. The zero-order valence-electron chi connectivity index (χ0n) is 15.0. The number of esters is 1. The van der Waals surface area contributed by atoms with Gasteiger partial charge in [0.1, 0.15) is 5.69 Å². The first-order chi connectivity index (χ1) is 12.2. The van der Waals surface area contributed by atoms with E-state index in [-0.39, 0.29) is 12.3 Å². The third-order valence-electron chi connectivity index (χ3n) is 3.71. The Hall–Kier alpha value is -2.57. The molecule has 136 valence electrons. The predicted octanol–water partition coefficient (Wildman–Crippen LogP) is 3.62. The number of para-hydroxylation sites is 1. The Balaban J connectivity index is 2.29. The van der Waals surface area contributed by atoms with Crippen molar-refractivity contribution in [3.63, 3.8) is 0 Å². The Morgan fingerprint density at radius 2 is 2.00 bits per heavy atom. The van der Waals surface area contributed by atoms with Crippen LogP contribution in [-0.2, 0) is 4.74 Å². The molecule has 0 amide bonds. The molecule has 7 nitrogen and oxygen atoms in total. The van der Waals surface area contributed by atoms with E-state index in [1.165, 1.54) is 12.8 Å². The summed E-state index contributed by atoms with van der Waals surface area (Å²) >= 11 is 0. The third kappa shape index (κ3) is 4.71. The second kappa shape index (κ2) is 9.66. The molecule has 0 spiro atoms. The number of methoxy groups -OCH3 is 1. The molecule has 0 bridgehead atoms. The van der Waals surface area contributed by atoms with Gasteiger partial charge in [0.25, 0.3) is 0 Å². The zero-order chi connectivity index (χ0) is 18.1. The van der Waals surface area contributed by atoms with Gasteiger partial charge in [-0.1, -0.05) is 32.3 Å². The molecule has 0 atom stereocenters. The molecule has 1 aromatic heterocycles. The SMILES string of the molecule is CCCCCCOc1c(OC)cccc1-c1n[nH]nc1C(=O)OCC. The van der Waals surface area contributed by atoms with Gasteiger partial charge in [-0.15, -0.1) is 5.10 Å². The number of nitrogens with one attached hydrogen (secondary N) is 1. The lowest BCUT2D eigenvalue weighted by molar-refractivity contribution is 0.0520. The van der Waals surface area contributed by atoms with Crippen LogP contribution >= 0.6 is 0 Å². The monoisotopic (exact) mass is 347 g/mol. The van der Waals surface area contributed by atoms with Gasteiger partial charge in [-0.3, -0.25) is 0 Å². The lowest BCUT2D eigenvalue weighted by Crippen LogP contribution is -2.08. The predicted molar refractivity (Wildman–Crippen MR) is 94.0 cm³/mol. The first-order valence-corrected chi connectivity index (χ1v) is 8.60. The molecule has 0 saturated heterocycles. The fourth-order valence-corrected chi connectivity index (χ4v) is 2.48. The minimum absolute atomic E-state index is 0.130. The number of aromatic amines is 1. The van der Waals surface area contributed by atoms with Crippen LogP contribution in [0.25, 0.3) is 11.3 Å². The van der Waals surface area contributed by atoms with Gasteiger partial charge in [-0.05, 0) is 25.5 Å². The molecule has 0 fully saturated rings. The fourth-order valence-electron chi connectivity index (χ4n) is 2.48. The topological polar surface area (TPSA) is 86.3 Å². The molecule has 0 saturated carbocycles. The third-order valence-corrected chi connectivity index (χ3v) is 3.71. The van der Waals surface area contributed by atoms with Crippen molar-refractivity contribution in [3.8, 4) is 22.8 Å². The summed E-state index contributed by atoms with van der Waals surface area (Å²) in [4.78, 5) is 12.1. The number of nitrogens with zero attached hydrogens (tertiary/aromatic N) is 2. The summed E-state index contributed by atoms with van der Waals surface area (Å²) in [7, 11) is 1.58. The Bertz CT molecular complexity index is 685. The van der Waals surface area contributed by atoms with Crippen LogP contribution in [0.3, 0.4) is 0 Å². The molecule has 0 unspecified atom stereocenters. The fraction of sp³-hybridized carbons (Fsp3) is 0.500. The maximum Gasteiger partial charge on any atom is 0.361 e. The molecular weight excluding hydrogens is 322 g/mol. The molecule has 0 aliphatic heterocycles. The van der Waals surface area contributed by atoms with Crippen molar-refractivity contribution in [2.24, 2.45) is 0 Å². The van der Waals surface area contributed by atoms with Crippen molar-refractivity contribution in [3.05, 3.63) is 23.9 Å². The van der Waals surface area contributed by atoms with Crippen LogP contribution in [0.4, 0.5) is 0 Å². The van der Waals surface area contributed by atoms with Gasteiger partial charge >= 0.3 is 5.97 Å². The number of hydrogen-bond acceptors (Lipinski definition) is 6. The Morgan fingerprint density at radius 1 is 1.16 bits per heavy atom. The summed E-state index contributed by atoms with van der Waals surface area (Å²) in [6, 6.07) is 5.46. The lowest BCUT2D eigenvalue weighted by atomic mass is 10.1. The highest BCUT2D eigenvalue weighted by atomic mass is 16.5. The molecular formula is C18H25N3O4. The summed E-state index contributed by atoms with van der Waals surface area (Å²) < 4.78 is 16.4. The summed E-state index contributed by atoms with van der Waals surface area (Å²) in [5, 5.41) is 10.5. The van der Waals surface area contributed by atoms with Gasteiger partial charge in [0.05, 0.1) is 25.9 Å². The number of hydrogen-bond donors (Lipinski definition) is 1. The number of H-pyrrole nitrogens is 1. The number of aromatic nitrogens is 3. The van der Waals surface area contributed by atoms with Crippen molar-refractivity contribution < 1.29 is 19.0 Å². The van der Waals surface area contributed by atoms with Crippen molar-refractivity contribution in [1.82, 2.24) is 15.4 Å². The van der Waals surface area contributed by atoms with Crippen molar-refractivity contribution >= 4 is 5.97 Å². The summed E-state index contributed by atoms with van der Waals surface area (Å²) in [5.41, 5.74) is 1.17. The van der Waals surface area contributed by atoms with Crippen molar-refractivity contribution in [2.45, 2.75) is 39.5 Å². The molecule has 0 aliphatic carbocycles. The van der Waals surface area contributed by atoms with E-state index in [0.29, 0.717) is 29.4 Å². The Kier molecular flexibility index (Phi) is 7.25. The maximum absolute atomic E-state index is 12.1. The second-order valence-corrected chi connectivity index (χ2v) is 5.49. The Morgan fingerprint density at radius 3 is 2.72 bits per heavy atom. The smallest absolute Gasteiger partial charge is 0.361 e. The van der Waals surface area contributed by atoms with E-state index in [2.05, 4.69) is 22.3 Å². The quantitative estimate of drug-likeness (QED) is 0.522. The van der Waals surface area contributed by atoms with E-state index in [9.17, 15) is 4.79 Å². The highest BCUT2D eigenvalue weighted by molar-refractivity contribution is 5.95. The maximum atomic E-state index is 12.1. The molecule has 0 radical (unpaired) electrons. The van der Waals surface area contributed by atoms with Crippen LogP contribution in [0.5, 0.6) is 11.5 Å². The molecule has 2 rings (SSSR count). The minimum Gasteiger partial charge on any atom is -0.493 e. The van der Waals surface area contributed by atoms with Crippen molar-refractivity contribution in [1.29, 1.82) is 0 Å². The lowest BCUT2D eigenvalue weighted by Gasteiger charge is -2.14. The molecule has 7 heteroatoms. The van der Waals surface area contributed by atoms with E-state index < -0.39 is 5.97 Å². The van der Waals surface area contributed by atoms with E-state index in [0.717, 1.165) is 12.8 Å². The first-order valence-electron chi connectivity index (χ1n) is 8.60. The van der Waals surface area contributed by atoms with E-state index >= 15 is 0 Å². The molecule has 1 aromatic carbocycles. The summed E-state index contributed by atoms with van der Waals surface area (Å²) in [6.07, 6.45) is 4.41. The second-order valence-electron chi connectivity index (χ2n) is 5.49. The van der Waals surface area contributed by atoms with Crippen LogP contribution in [0.15, 0.2) is 18.2 Å². The molecule has 1 heterocycles. The zero-order valence-corrected chi connectivity index (χ0v) is 15.0. The highest BCUT2D eigenvalue weighted by Crippen LogP contribution is 2.38. The van der Waals surface area contributed by atoms with E-state index in [4.69, 9.17) is 14.2 Å². The van der Waals surface area contributed by atoms with E-state index in [1.54, 1.807) is 14.0 Å². The number of carbonyl (C=O) groups excluding carboxylic acids is 1. The number of unbranched alkanes of at least 4 members (excludes halogenated alkanes) is 3. The molecule has 2 aromatic rings. The number of ether oxygens (including phenoxy) is 3. The standard InChI is InChI=1S/C18H25N3O4/c1-4-6-7-8-12-25-17-13(10-9-11-14(17)23-3)15-16(20-21-19-15)18(22)24-5-2/h9-11H,4-8,12H2,1-3H3,(H,19,20,21). The van der Waals surface area contributed by atoms with E-state index in [1.807, 2.05) is 18.2 Å². The molecule has 0 aliphatic rings. The normalized spacial score (nSPS) is 10.5. The highest BCUT2D eigenvalue weighted by Gasteiger charge is 2.23. The van der Waals surface area contributed by atoms with Crippen LogP contribution in [0.2, 0.25) is 0 Å². The van der Waals surface area contributed by atoms with Crippen molar-refractivity contribution in [2.75, 3.05) is 20.3 Å². The van der Waals surface area contributed by atoms with Crippen LogP contribution in [0.1, 0.15) is 50.0 Å². The van der Waals surface area contributed by atoms with Gasteiger partial charge in [-0.25, -0.2) is 4.79 Å². The minimum atomic E-state index is -0.525. The number of rotatable bonds is 10. The van der Waals surface area contributed by atoms with Crippen LogP contribution in [0, 0.1) is 0 Å². The van der Waals surface area contributed by atoms with Gasteiger partial charge in [0.15, 0.2) is 17.2 Å². The van der Waals surface area contributed by atoms with Crippen LogP contribution < -0.4 is 9.47 Å². The van der Waals surface area contributed by atoms with Gasteiger partial charge in [0, 0.05) is 0 Å². The molecule has 25 heavy (non-hydrogen) atoms. The van der Waals surface area contributed by atoms with Crippen LogP contribution in [-0.4, -0.2) is 41.7 Å². The number of carbonyl (C=O) groups is 1. The number of benzene rings is 1. The van der Waals surface area contributed by atoms with Gasteiger partial charge in [-0.2, -0.15) is 10.3 Å². The Labute approximate surface area is 147 Å². The van der Waals surface area contributed by atoms with Gasteiger partial charge in [0.2, 0.25) is 0 Å². The molecule has 1 N–H and O–H groups in total. The average molecular weight is 347 g/mol. The largest absolute Gasteiger partial charge is 0.493 e. The van der Waals surface area contributed by atoms with Gasteiger partial charge < -0.3 is 14.2 Å². The first kappa shape index (κ1) is 18.8. The summed E-state index contributed by atoms with van der Waals surface area (Å²) in [6.45, 7) is 4.75. The average Bonchev–Trinajstić information content (AvgIpc) is 3.11.